The molecule has 5 nitrogen and oxygen atoms in total. The normalized spacial score (nSPS) is 14.9. The van der Waals surface area contributed by atoms with Crippen LogP contribution < -0.4 is 10.6 Å². The highest BCUT2D eigenvalue weighted by Gasteiger charge is 2.23. The van der Waals surface area contributed by atoms with E-state index in [1.165, 1.54) is 0 Å². The minimum Gasteiger partial charge on any atom is -0.397 e. The molecule has 0 atom stereocenters. The molecule has 1 amide bonds. The SMILES string of the molecule is Cc1ccccc1C(=O)N1CCN(c2ccc(N)c(C)n2)CC1. The third-order valence-electron chi connectivity index (χ3n) is 4.38. The van der Waals surface area contributed by atoms with Crippen molar-refractivity contribution in [2.24, 2.45) is 0 Å². The molecule has 0 spiro atoms. The van der Waals surface area contributed by atoms with Crippen LogP contribution in [-0.2, 0) is 0 Å². The van der Waals surface area contributed by atoms with E-state index in [2.05, 4.69) is 9.88 Å². The maximum Gasteiger partial charge on any atom is 0.254 e. The molecule has 1 aliphatic rings. The van der Waals surface area contributed by atoms with E-state index in [0.29, 0.717) is 18.8 Å². The molecule has 2 aromatic rings. The molecule has 0 unspecified atom stereocenters. The number of hydrogen-bond donors (Lipinski definition) is 1. The van der Waals surface area contributed by atoms with Crippen LogP contribution in [0.4, 0.5) is 11.5 Å². The molecule has 1 aliphatic heterocycles. The molecule has 3 rings (SSSR count). The average molecular weight is 310 g/mol. The Morgan fingerprint density at radius 1 is 1.04 bits per heavy atom. The number of aromatic nitrogens is 1. The van der Waals surface area contributed by atoms with E-state index in [1.807, 2.05) is 55.1 Å². The third kappa shape index (κ3) is 3.13. The van der Waals surface area contributed by atoms with Crippen LogP contribution in [0.25, 0.3) is 0 Å². The number of amides is 1. The number of nitrogens with zero attached hydrogens (tertiary/aromatic N) is 3. The van der Waals surface area contributed by atoms with Gasteiger partial charge >= 0.3 is 0 Å². The van der Waals surface area contributed by atoms with Crippen molar-refractivity contribution >= 4 is 17.4 Å². The van der Waals surface area contributed by atoms with Crippen LogP contribution in [0, 0.1) is 13.8 Å². The van der Waals surface area contributed by atoms with Crippen LogP contribution >= 0.6 is 0 Å². The summed E-state index contributed by atoms with van der Waals surface area (Å²) in [6, 6.07) is 11.6. The van der Waals surface area contributed by atoms with Gasteiger partial charge in [-0.1, -0.05) is 18.2 Å². The summed E-state index contributed by atoms with van der Waals surface area (Å²) in [6.07, 6.45) is 0. The molecule has 1 aromatic heterocycles. The zero-order chi connectivity index (χ0) is 16.4. The molecule has 2 N–H and O–H groups in total. The second-order valence-electron chi connectivity index (χ2n) is 5.94. The number of nitrogens with two attached hydrogens (primary N) is 1. The second-order valence-corrected chi connectivity index (χ2v) is 5.94. The highest BCUT2D eigenvalue weighted by molar-refractivity contribution is 5.95. The zero-order valence-electron chi connectivity index (χ0n) is 13.6. The number of anilines is 2. The quantitative estimate of drug-likeness (QED) is 0.924. The van der Waals surface area contributed by atoms with Gasteiger partial charge in [0, 0.05) is 31.7 Å². The van der Waals surface area contributed by atoms with E-state index in [0.717, 1.165) is 35.7 Å². The lowest BCUT2D eigenvalue weighted by Crippen LogP contribution is -2.49. The molecule has 5 heteroatoms. The van der Waals surface area contributed by atoms with Gasteiger partial charge in [-0.2, -0.15) is 0 Å². The number of piperazine rings is 1. The predicted molar refractivity (Wildman–Crippen MR) is 92.7 cm³/mol. The largest absolute Gasteiger partial charge is 0.397 e. The van der Waals surface area contributed by atoms with Crippen LogP contribution in [0.1, 0.15) is 21.6 Å². The summed E-state index contributed by atoms with van der Waals surface area (Å²) >= 11 is 0. The first-order chi connectivity index (χ1) is 11.1. The number of aryl methyl sites for hydroxylation is 2. The number of rotatable bonds is 2. The molecular formula is C18H22N4O. The first kappa shape index (κ1) is 15.3. The number of carbonyl (C=O) groups excluding carboxylic acids is 1. The predicted octanol–water partition coefficient (Wildman–Crippen LogP) is 2.24. The summed E-state index contributed by atoms with van der Waals surface area (Å²) in [5.74, 6) is 1.05. The summed E-state index contributed by atoms with van der Waals surface area (Å²) in [5, 5.41) is 0. The molecule has 0 radical (unpaired) electrons. The topological polar surface area (TPSA) is 62.5 Å². The molecule has 0 aliphatic carbocycles. The number of nitrogen functional groups attached to an aromatic ring is 1. The van der Waals surface area contributed by atoms with Crippen LogP contribution in [-0.4, -0.2) is 42.0 Å². The number of benzene rings is 1. The lowest BCUT2D eigenvalue weighted by atomic mass is 10.1. The van der Waals surface area contributed by atoms with Crippen molar-refractivity contribution in [3.63, 3.8) is 0 Å². The van der Waals surface area contributed by atoms with Crippen molar-refractivity contribution in [3.8, 4) is 0 Å². The van der Waals surface area contributed by atoms with Gasteiger partial charge in [0.05, 0.1) is 11.4 Å². The minimum atomic E-state index is 0.115. The Bertz CT molecular complexity index is 721. The van der Waals surface area contributed by atoms with Crippen LogP contribution in [0.2, 0.25) is 0 Å². The summed E-state index contributed by atoms with van der Waals surface area (Å²) in [4.78, 5) is 21.3. The molecule has 1 fully saturated rings. The van der Waals surface area contributed by atoms with E-state index in [-0.39, 0.29) is 5.91 Å². The van der Waals surface area contributed by atoms with E-state index in [9.17, 15) is 4.79 Å². The van der Waals surface area contributed by atoms with E-state index < -0.39 is 0 Å². The van der Waals surface area contributed by atoms with Gasteiger partial charge in [-0.05, 0) is 37.6 Å². The van der Waals surface area contributed by atoms with Gasteiger partial charge in [0.2, 0.25) is 0 Å². The number of hydrogen-bond acceptors (Lipinski definition) is 4. The fraction of sp³-hybridized carbons (Fsp3) is 0.333. The Morgan fingerprint density at radius 2 is 1.74 bits per heavy atom. The second kappa shape index (κ2) is 6.28. The summed E-state index contributed by atoms with van der Waals surface area (Å²) in [5.41, 5.74) is 9.20. The highest BCUT2D eigenvalue weighted by Crippen LogP contribution is 2.19. The average Bonchev–Trinajstić information content (AvgIpc) is 2.57. The number of carbonyl (C=O) groups is 1. The highest BCUT2D eigenvalue weighted by atomic mass is 16.2. The fourth-order valence-corrected chi connectivity index (χ4v) is 2.86. The summed E-state index contributed by atoms with van der Waals surface area (Å²) in [6.45, 7) is 6.87. The van der Waals surface area contributed by atoms with Crippen molar-refractivity contribution in [2.75, 3.05) is 36.8 Å². The molecular weight excluding hydrogens is 288 g/mol. The smallest absolute Gasteiger partial charge is 0.254 e. The molecule has 120 valence electrons. The van der Waals surface area contributed by atoms with Gasteiger partial charge in [0.1, 0.15) is 5.82 Å². The van der Waals surface area contributed by atoms with E-state index >= 15 is 0 Å². The minimum absolute atomic E-state index is 0.115. The maximum absolute atomic E-state index is 12.6. The van der Waals surface area contributed by atoms with Crippen LogP contribution in [0.5, 0.6) is 0 Å². The van der Waals surface area contributed by atoms with Gasteiger partial charge in [0.15, 0.2) is 0 Å². The van der Waals surface area contributed by atoms with E-state index in [1.54, 1.807) is 0 Å². The fourth-order valence-electron chi connectivity index (χ4n) is 2.86. The molecule has 0 saturated carbocycles. The standard InChI is InChI=1S/C18H22N4O/c1-13-5-3-4-6-15(13)18(23)22-11-9-21(10-12-22)17-8-7-16(19)14(2)20-17/h3-8H,9-12,19H2,1-2H3. The molecule has 0 bridgehead atoms. The maximum atomic E-state index is 12.6. The lowest BCUT2D eigenvalue weighted by molar-refractivity contribution is 0.0746. The monoisotopic (exact) mass is 310 g/mol. The third-order valence-corrected chi connectivity index (χ3v) is 4.38. The Labute approximate surface area is 136 Å². The van der Waals surface area contributed by atoms with Crippen LogP contribution in [0.15, 0.2) is 36.4 Å². The molecule has 1 saturated heterocycles. The number of pyridine rings is 1. The summed E-state index contributed by atoms with van der Waals surface area (Å²) in [7, 11) is 0. The molecule has 1 aromatic carbocycles. The van der Waals surface area contributed by atoms with Gasteiger partial charge < -0.3 is 15.5 Å². The van der Waals surface area contributed by atoms with Gasteiger partial charge in [-0.15, -0.1) is 0 Å². The van der Waals surface area contributed by atoms with Crippen molar-refractivity contribution in [1.29, 1.82) is 0 Å². The van der Waals surface area contributed by atoms with Crippen molar-refractivity contribution in [1.82, 2.24) is 9.88 Å². The van der Waals surface area contributed by atoms with Gasteiger partial charge in [0.25, 0.3) is 5.91 Å². The Balaban J connectivity index is 1.67. The molecule has 2 heterocycles. The van der Waals surface area contributed by atoms with E-state index in [4.69, 9.17) is 5.73 Å². The first-order valence-electron chi connectivity index (χ1n) is 7.89. The Hall–Kier alpha value is -2.56. The zero-order valence-corrected chi connectivity index (χ0v) is 13.6. The van der Waals surface area contributed by atoms with Gasteiger partial charge in [-0.25, -0.2) is 4.98 Å². The van der Waals surface area contributed by atoms with Crippen LogP contribution in [0.3, 0.4) is 0 Å². The first-order valence-corrected chi connectivity index (χ1v) is 7.89. The van der Waals surface area contributed by atoms with Gasteiger partial charge in [-0.3, -0.25) is 4.79 Å². The van der Waals surface area contributed by atoms with Crippen molar-refractivity contribution in [3.05, 3.63) is 53.2 Å². The molecule has 23 heavy (non-hydrogen) atoms. The van der Waals surface area contributed by atoms with Crippen molar-refractivity contribution in [2.45, 2.75) is 13.8 Å². The summed E-state index contributed by atoms with van der Waals surface area (Å²) < 4.78 is 0. The Kier molecular flexibility index (Phi) is 4.19. The Morgan fingerprint density at radius 3 is 2.39 bits per heavy atom. The lowest BCUT2D eigenvalue weighted by Gasteiger charge is -2.35. The van der Waals surface area contributed by atoms with Crippen molar-refractivity contribution < 1.29 is 4.79 Å².